The Hall–Kier alpha value is -0.450. The van der Waals surface area contributed by atoms with Gasteiger partial charge in [-0.2, -0.15) is 0 Å². The zero-order chi connectivity index (χ0) is 9.26. The van der Waals surface area contributed by atoms with E-state index in [4.69, 9.17) is 0 Å². The summed E-state index contributed by atoms with van der Waals surface area (Å²) in [4.78, 5) is 13.7. The Morgan fingerprint density at radius 1 is 1.31 bits per heavy atom. The van der Waals surface area contributed by atoms with Gasteiger partial charge in [0.05, 0.1) is 6.04 Å². The fourth-order valence-corrected chi connectivity index (χ4v) is 2.18. The van der Waals surface area contributed by atoms with Crippen LogP contribution in [0.5, 0.6) is 0 Å². The van der Waals surface area contributed by atoms with Crippen molar-refractivity contribution >= 4 is 5.78 Å². The number of ketones is 1. The summed E-state index contributed by atoms with van der Waals surface area (Å²) < 4.78 is 0. The molecule has 0 bridgehead atoms. The predicted molar refractivity (Wildman–Crippen MR) is 48.5 cm³/mol. The molecule has 1 heterocycles. The molecule has 0 aromatic heterocycles. The first-order valence-electron chi connectivity index (χ1n) is 4.95. The third-order valence-electron chi connectivity index (χ3n) is 2.96. The summed E-state index contributed by atoms with van der Waals surface area (Å²) in [5.41, 5.74) is 0. The predicted octanol–water partition coefficient (Wildman–Crippen LogP) is -1.02. The summed E-state index contributed by atoms with van der Waals surface area (Å²) in [6.07, 6.45) is 0.785. The molecule has 0 unspecified atom stereocenters. The first-order chi connectivity index (χ1) is 6.29. The van der Waals surface area contributed by atoms with Crippen LogP contribution in [0.15, 0.2) is 0 Å². The van der Waals surface area contributed by atoms with Crippen LogP contribution in [0.2, 0.25) is 0 Å². The fourth-order valence-electron chi connectivity index (χ4n) is 2.18. The zero-order valence-electron chi connectivity index (χ0n) is 7.70. The standard InChI is InChI=1S/C9H16N2O2/c12-8-2-1-7(9(8)13)11-5-3-10-4-6-11/h7-8,10,12H,1-6H2/t7-,8-/m0/s1. The van der Waals surface area contributed by atoms with Crippen molar-refractivity contribution in [2.24, 2.45) is 0 Å². The van der Waals surface area contributed by atoms with Gasteiger partial charge in [-0.25, -0.2) is 0 Å². The molecule has 4 heteroatoms. The minimum atomic E-state index is -0.695. The molecule has 13 heavy (non-hydrogen) atoms. The number of rotatable bonds is 1. The van der Waals surface area contributed by atoms with Gasteiger partial charge < -0.3 is 10.4 Å². The maximum atomic E-state index is 11.5. The Labute approximate surface area is 77.9 Å². The largest absolute Gasteiger partial charge is 0.385 e. The van der Waals surface area contributed by atoms with Crippen LogP contribution in [0.25, 0.3) is 0 Å². The van der Waals surface area contributed by atoms with E-state index >= 15 is 0 Å². The Balaban J connectivity index is 1.96. The number of nitrogens with one attached hydrogen (secondary N) is 1. The van der Waals surface area contributed by atoms with Crippen molar-refractivity contribution in [3.8, 4) is 0 Å². The monoisotopic (exact) mass is 184 g/mol. The van der Waals surface area contributed by atoms with Crippen LogP contribution in [0.1, 0.15) is 12.8 Å². The summed E-state index contributed by atoms with van der Waals surface area (Å²) in [6, 6.07) is -0.00269. The van der Waals surface area contributed by atoms with E-state index in [9.17, 15) is 9.90 Å². The first kappa shape index (κ1) is 9.12. The molecule has 2 aliphatic rings. The second kappa shape index (κ2) is 3.74. The minimum Gasteiger partial charge on any atom is -0.385 e. The topological polar surface area (TPSA) is 52.6 Å². The number of Topliss-reactive ketones (excluding diaryl/α,β-unsaturated/α-hetero) is 1. The summed E-state index contributed by atoms with van der Waals surface area (Å²) >= 11 is 0. The molecule has 4 nitrogen and oxygen atoms in total. The highest BCUT2D eigenvalue weighted by atomic mass is 16.3. The smallest absolute Gasteiger partial charge is 0.178 e. The second-order valence-corrected chi connectivity index (χ2v) is 3.80. The van der Waals surface area contributed by atoms with Gasteiger partial charge in [0.25, 0.3) is 0 Å². The fraction of sp³-hybridized carbons (Fsp3) is 0.889. The molecule has 0 spiro atoms. The third kappa shape index (κ3) is 1.75. The molecular weight excluding hydrogens is 168 g/mol. The molecule has 1 aliphatic heterocycles. The number of hydrogen-bond donors (Lipinski definition) is 2. The summed E-state index contributed by atoms with van der Waals surface area (Å²) in [5.74, 6) is 0.0295. The van der Waals surface area contributed by atoms with Crippen LogP contribution in [-0.2, 0) is 4.79 Å². The molecule has 1 aliphatic carbocycles. The number of carbonyl (C=O) groups is 1. The molecule has 2 N–H and O–H groups in total. The summed E-state index contributed by atoms with van der Waals surface area (Å²) in [6.45, 7) is 3.78. The van der Waals surface area contributed by atoms with Crippen LogP contribution >= 0.6 is 0 Å². The quantitative estimate of drug-likeness (QED) is 0.548. The number of aliphatic hydroxyl groups is 1. The van der Waals surface area contributed by atoms with Crippen LogP contribution in [-0.4, -0.2) is 54.1 Å². The van der Waals surface area contributed by atoms with Gasteiger partial charge in [0.1, 0.15) is 6.10 Å². The summed E-state index contributed by atoms with van der Waals surface area (Å²) in [7, 11) is 0. The van der Waals surface area contributed by atoms with E-state index in [0.29, 0.717) is 6.42 Å². The molecule has 0 radical (unpaired) electrons. The number of hydrogen-bond acceptors (Lipinski definition) is 4. The summed E-state index contributed by atoms with van der Waals surface area (Å²) in [5, 5.41) is 12.6. The van der Waals surface area contributed by atoms with E-state index in [1.807, 2.05) is 0 Å². The Morgan fingerprint density at radius 3 is 2.54 bits per heavy atom. The average molecular weight is 184 g/mol. The van der Waals surface area contributed by atoms with E-state index in [-0.39, 0.29) is 11.8 Å². The van der Waals surface area contributed by atoms with Gasteiger partial charge in [0.2, 0.25) is 0 Å². The van der Waals surface area contributed by atoms with Gasteiger partial charge in [-0.3, -0.25) is 9.69 Å². The second-order valence-electron chi connectivity index (χ2n) is 3.80. The maximum absolute atomic E-state index is 11.5. The van der Waals surface area contributed by atoms with Gasteiger partial charge in [0.15, 0.2) is 5.78 Å². The molecular formula is C9H16N2O2. The molecule has 0 amide bonds. The highest BCUT2D eigenvalue weighted by Gasteiger charge is 2.36. The van der Waals surface area contributed by atoms with Crippen molar-refractivity contribution in [2.75, 3.05) is 26.2 Å². The molecule has 74 valence electrons. The SMILES string of the molecule is O=C1[C@@H](O)CC[C@@H]1N1CCNCC1. The van der Waals surface area contributed by atoms with Crippen molar-refractivity contribution in [3.63, 3.8) is 0 Å². The lowest BCUT2D eigenvalue weighted by Gasteiger charge is -2.31. The molecule has 2 rings (SSSR count). The Kier molecular flexibility index (Phi) is 2.62. The normalized spacial score (nSPS) is 36.8. The lowest BCUT2D eigenvalue weighted by Crippen LogP contribution is -2.50. The lowest BCUT2D eigenvalue weighted by molar-refractivity contribution is -0.128. The van der Waals surface area contributed by atoms with Gasteiger partial charge in [-0.15, -0.1) is 0 Å². The van der Waals surface area contributed by atoms with Crippen molar-refractivity contribution in [1.29, 1.82) is 0 Å². The van der Waals surface area contributed by atoms with Crippen LogP contribution in [0, 0.1) is 0 Å². The molecule has 1 saturated carbocycles. The highest BCUT2D eigenvalue weighted by molar-refractivity contribution is 5.90. The molecule has 0 aromatic carbocycles. The van der Waals surface area contributed by atoms with E-state index in [1.54, 1.807) is 0 Å². The van der Waals surface area contributed by atoms with Crippen molar-refractivity contribution in [3.05, 3.63) is 0 Å². The van der Waals surface area contributed by atoms with Gasteiger partial charge in [-0.1, -0.05) is 0 Å². The Morgan fingerprint density at radius 2 is 2.00 bits per heavy atom. The number of carbonyl (C=O) groups excluding carboxylic acids is 1. The van der Waals surface area contributed by atoms with E-state index in [2.05, 4.69) is 10.2 Å². The van der Waals surface area contributed by atoms with Crippen molar-refractivity contribution < 1.29 is 9.90 Å². The van der Waals surface area contributed by atoms with E-state index < -0.39 is 6.10 Å². The molecule has 2 fully saturated rings. The van der Waals surface area contributed by atoms with Crippen LogP contribution in [0.3, 0.4) is 0 Å². The zero-order valence-corrected chi connectivity index (χ0v) is 7.70. The van der Waals surface area contributed by atoms with Crippen molar-refractivity contribution in [2.45, 2.75) is 25.0 Å². The highest BCUT2D eigenvalue weighted by Crippen LogP contribution is 2.20. The maximum Gasteiger partial charge on any atom is 0.178 e. The first-order valence-corrected chi connectivity index (χ1v) is 4.95. The average Bonchev–Trinajstić information content (AvgIpc) is 2.49. The Bertz CT molecular complexity index is 202. The van der Waals surface area contributed by atoms with Gasteiger partial charge in [-0.05, 0) is 12.8 Å². The van der Waals surface area contributed by atoms with E-state index in [1.165, 1.54) is 0 Å². The van der Waals surface area contributed by atoms with E-state index in [0.717, 1.165) is 32.6 Å². The number of aliphatic hydroxyl groups excluding tert-OH is 1. The van der Waals surface area contributed by atoms with Crippen LogP contribution < -0.4 is 5.32 Å². The lowest BCUT2D eigenvalue weighted by atomic mass is 10.1. The number of piperazine rings is 1. The molecule has 0 aromatic rings. The van der Waals surface area contributed by atoms with Crippen molar-refractivity contribution in [1.82, 2.24) is 10.2 Å². The minimum absolute atomic E-state index is 0.00269. The van der Waals surface area contributed by atoms with Gasteiger partial charge in [0, 0.05) is 26.2 Å². The number of nitrogens with zero attached hydrogens (tertiary/aromatic N) is 1. The molecule has 1 saturated heterocycles. The third-order valence-corrected chi connectivity index (χ3v) is 2.96. The molecule has 2 atom stereocenters. The van der Waals surface area contributed by atoms with Gasteiger partial charge >= 0.3 is 0 Å². The van der Waals surface area contributed by atoms with Crippen LogP contribution in [0.4, 0.5) is 0 Å².